The van der Waals surface area contributed by atoms with Gasteiger partial charge < -0.3 is 14.7 Å². The molecule has 14 heavy (non-hydrogen) atoms. The molecule has 0 radical (unpaired) electrons. The Morgan fingerprint density at radius 3 is 2.21 bits per heavy atom. The van der Waals surface area contributed by atoms with E-state index in [0.29, 0.717) is 12.0 Å². The number of hydrogen-bond acceptors (Lipinski definition) is 4. The van der Waals surface area contributed by atoms with Gasteiger partial charge in [0.05, 0.1) is 6.61 Å². The first kappa shape index (κ1) is 14.0. The van der Waals surface area contributed by atoms with Crippen LogP contribution in [0, 0.1) is 0 Å². The summed E-state index contributed by atoms with van der Waals surface area (Å²) >= 11 is 0. The van der Waals surface area contributed by atoms with Gasteiger partial charge in [0, 0.05) is 0 Å². The van der Waals surface area contributed by atoms with Gasteiger partial charge in [-0.2, -0.15) is 4.31 Å². The third-order valence-corrected chi connectivity index (χ3v) is 3.18. The Kier molecular flexibility index (Phi) is 5.19. The Labute approximate surface area is 81.2 Å². The van der Waals surface area contributed by atoms with Crippen LogP contribution in [-0.2, 0) is 18.0 Å². The highest BCUT2D eigenvalue weighted by molar-refractivity contribution is 7.60. The standard InChI is InChI=1S/C5H12O7P2/c1-5(2)3-4-11-14(9,10)12-13(6,7)8/h1,3-4H2,2H3,(H,9,10)(H2,6,7,8)/i2+1,4+1. The topological polar surface area (TPSA) is 113 Å². The van der Waals surface area contributed by atoms with E-state index in [-0.39, 0.29) is 6.61 Å². The van der Waals surface area contributed by atoms with Crippen LogP contribution in [0.5, 0.6) is 0 Å². The monoisotopic (exact) mass is 248 g/mol. The van der Waals surface area contributed by atoms with Crippen molar-refractivity contribution in [2.24, 2.45) is 0 Å². The van der Waals surface area contributed by atoms with E-state index in [9.17, 15) is 9.13 Å². The van der Waals surface area contributed by atoms with Crippen LogP contribution in [0.3, 0.4) is 0 Å². The highest BCUT2D eigenvalue weighted by atomic mass is 31.3. The van der Waals surface area contributed by atoms with E-state index in [1.807, 2.05) is 0 Å². The van der Waals surface area contributed by atoms with E-state index in [4.69, 9.17) is 14.7 Å². The molecule has 0 saturated heterocycles. The predicted octanol–water partition coefficient (Wildman–Crippen LogP) is 1.18. The molecular formula is C5H12O7P2. The van der Waals surface area contributed by atoms with E-state index in [2.05, 4.69) is 15.4 Å². The maximum absolute atomic E-state index is 10.8. The zero-order valence-corrected chi connectivity index (χ0v) is 9.28. The zero-order valence-electron chi connectivity index (χ0n) is 7.49. The summed E-state index contributed by atoms with van der Waals surface area (Å²) in [5.41, 5.74) is 0.709. The van der Waals surface area contributed by atoms with Crippen LogP contribution in [0.2, 0.25) is 0 Å². The van der Waals surface area contributed by atoms with Gasteiger partial charge in [0.1, 0.15) is 0 Å². The molecule has 0 aliphatic rings. The molecule has 84 valence electrons. The van der Waals surface area contributed by atoms with Gasteiger partial charge in [-0.3, -0.25) is 4.52 Å². The largest absolute Gasteiger partial charge is 0.481 e. The van der Waals surface area contributed by atoms with Gasteiger partial charge in [0.15, 0.2) is 0 Å². The van der Waals surface area contributed by atoms with E-state index in [1.165, 1.54) is 0 Å². The van der Waals surface area contributed by atoms with Crippen molar-refractivity contribution in [3.63, 3.8) is 0 Å². The molecule has 1 atom stereocenters. The summed E-state index contributed by atoms with van der Waals surface area (Å²) in [6.45, 7) is 4.99. The highest BCUT2D eigenvalue weighted by Gasteiger charge is 2.31. The summed E-state index contributed by atoms with van der Waals surface area (Å²) in [6.07, 6.45) is 0.301. The second-order valence-corrected chi connectivity index (χ2v) is 5.41. The van der Waals surface area contributed by atoms with Gasteiger partial charge in [-0.05, 0) is 13.3 Å². The van der Waals surface area contributed by atoms with E-state index in [1.54, 1.807) is 6.92 Å². The Hall–Kier alpha value is -0.0000000000000000416. The van der Waals surface area contributed by atoms with Crippen molar-refractivity contribution < 1.29 is 32.6 Å². The fourth-order valence-electron chi connectivity index (χ4n) is 0.493. The van der Waals surface area contributed by atoms with Crippen LogP contribution in [0.1, 0.15) is 13.3 Å². The molecule has 0 aromatic rings. The minimum absolute atomic E-state index is 0.191. The Morgan fingerprint density at radius 1 is 1.36 bits per heavy atom. The summed E-state index contributed by atoms with van der Waals surface area (Å²) in [4.78, 5) is 25.2. The van der Waals surface area contributed by atoms with Crippen LogP contribution in [-0.4, -0.2) is 21.3 Å². The molecule has 0 aromatic heterocycles. The molecule has 3 N–H and O–H groups in total. The smallest absolute Gasteiger partial charge is 0.302 e. The maximum atomic E-state index is 10.8. The molecular weight excluding hydrogens is 236 g/mol. The van der Waals surface area contributed by atoms with Gasteiger partial charge in [-0.25, -0.2) is 9.13 Å². The molecule has 0 aliphatic heterocycles. The van der Waals surface area contributed by atoms with Crippen LogP contribution in [0.15, 0.2) is 12.2 Å². The van der Waals surface area contributed by atoms with Crippen LogP contribution < -0.4 is 0 Å². The van der Waals surface area contributed by atoms with Crippen molar-refractivity contribution in [3.05, 3.63) is 12.2 Å². The molecule has 0 saturated carbocycles. The SMILES string of the molecule is C=C([13CH3])C[13CH2]OP(=O)(O)OP(=O)(O)O. The number of hydrogen-bond donors (Lipinski definition) is 3. The van der Waals surface area contributed by atoms with Crippen molar-refractivity contribution in [3.8, 4) is 0 Å². The summed E-state index contributed by atoms with van der Waals surface area (Å²) in [5, 5.41) is 0. The molecule has 0 bridgehead atoms. The second kappa shape index (κ2) is 5.19. The van der Waals surface area contributed by atoms with Crippen molar-refractivity contribution in [2.75, 3.05) is 6.61 Å². The fourth-order valence-corrected chi connectivity index (χ4v) is 2.08. The molecule has 0 amide bonds. The molecule has 0 aliphatic carbocycles. The molecule has 0 fully saturated rings. The number of phosphoric ester groups is 1. The van der Waals surface area contributed by atoms with Crippen molar-refractivity contribution >= 4 is 15.6 Å². The summed E-state index contributed by atoms with van der Waals surface area (Å²) < 4.78 is 28.8. The molecule has 0 aromatic carbocycles. The third-order valence-electron chi connectivity index (χ3n) is 0.993. The summed E-state index contributed by atoms with van der Waals surface area (Å²) in [7, 11) is -9.69. The Balaban J connectivity index is 4.03. The first-order chi connectivity index (χ1) is 6.12. The molecule has 0 spiro atoms. The van der Waals surface area contributed by atoms with Crippen molar-refractivity contribution in [2.45, 2.75) is 13.3 Å². The first-order valence-electron chi connectivity index (χ1n) is 3.51. The Bertz CT molecular complexity index is 292. The van der Waals surface area contributed by atoms with E-state index >= 15 is 0 Å². The minimum Gasteiger partial charge on any atom is -0.302 e. The van der Waals surface area contributed by atoms with Gasteiger partial charge >= 0.3 is 15.6 Å². The lowest BCUT2D eigenvalue weighted by molar-refractivity contribution is 0.180. The summed E-state index contributed by atoms with van der Waals surface area (Å²) in [5.74, 6) is 0. The Morgan fingerprint density at radius 2 is 1.86 bits per heavy atom. The lowest BCUT2D eigenvalue weighted by Crippen LogP contribution is -1.96. The van der Waals surface area contributed by atoms with Gasteiger partial charge in [-0.1, -0.05) is 5.57 Å². The number of rotatable bonds is 6. The third kappa shape index (κ3) is 8.59. The fraction of sp³-hybridized carbons (Fsp3) is 0.600. The average molecular weight is 248 g/mol. The average Bonchev–Trinajstić information content (AvgIpc) is 1.78. The second-order valence-electron chi connectivity index (χ2n) is 2.58. The lowest BCUT2D eigenvalue weighted by Gasteiger charge is -2.11. The quantitative estimate of drug-likeness (QED) is 0.367. The van der Waals surface area contributed by atoms with Gasteiger partial charge in [-0.15, -0.1) is 6.58 Å². The minimum atomic E-state index is -5.01. The summed E-state index contributed by atoms with van der Waals surface area (Å²) in [6, 6.07) is 0. The lowest BCUT2D eigenvalue weighted by atomic mass is 10.4. The molecule has 0 rings (SSSR count). The zero-order chi connectivity index (χ0) is 11.4. The van der Waals surface area contributed by atoms with Crippen molar-refractivity contribution in [1.82, 2.24) is 0 Å². The van der Waals surface area contributed by atoms with Crippen molar-refractivity contribution in [1.29, 1.82) is 0 Å². The molecule has 7 nitrogen and oxygen atoms in total. The van der Waals surface area contributed by atoms with Gasteiger partial charge in [0.2, 0.25) is 0 Å². The van der Waals surface area contributed by atoms with Crippen LogP contribution >= 0.6 is 15.6 Å². The van der Waals surface area contributed by atoms with E-state index < -0.39 is 15.6 Å². The maximum Gasteiger partial charge on any atom is 0.481 e. The number of phosphoric acid groups is 2. The normalized spacial score (nSPS) is 16.3. The molecule has 9 heteroatoms. The molecule has 1 unspecified atom stereocenters. The van der Waals surface area contributed by atoms with E-state index in [0.717, 1.165) is 0 Å². The van der Waals surface area contributed by atoms with Crippen LogP contribution in [0.25, 0.3) is 0 Å². The predicted molar refractivity (Wildman–Crippen MR) is 48.3 cm³/mol. The molecule has 0 heterocycles. The van der Waals surface area contributed by atoms with Gasteiger partial charge in [0.25, 0.3) is 0 Å². The highest BCUT2D eigenvalue weighted by Crippen LogP contribution is 2.57. The first-order valence-corrected chi connectivity index (χ1v) is 6.53. The van der Waals surface area contributed by atoms with Crippen LogP contribution in [0.4, 0.5) is 0 Å².